The summed E-state index contributed by atoms with van der Waals surface area (Å²) in [5.74, 6) is -0.254. The molecule has 7 heteroatoms. The Bertz CT molecular complexity index is 724. The molecule has 116 valence electrons. The monoisotopic (exact) mass is 476 g/mol. The number of imidazole rings is 1. The van der Waals surface area contributed by atoms with Gasteiger partial charge in [-0.2, -0.15) is 0 Å². The molecule has 0 fully saturated rings. The van der Waals surface area contributed by atoms with E-state index in [9.17, 15) is 4.39 Å². The van der Waals surface area contributed by atoms with E-state index in [-0.39, 0.29) is 5.82 Å². The van der Waals surface area contributed by atoms with Gasteiger partial charge in [0, 0.05) is 40.2 Å². The number of rotatable bonds is 5. The summed E-state index contributed by atoms with van der Waals surface area (Å²) >= 11 is 5.55. The standard InChI is InChI=1S/C15H15BrFIN4/c1-2-21-15(16)10(7-19)5-12-8-20-9-22(12)14-4-3-11(17)6-13(14)18/h3-4,6-9H,2,5,19H2,1H3. The number of aromatic nitrogens is 2. The fourth-order valence-corrected chi connectivity index (χ4v) is 3.24. The van der Waals surface area contributed by atoms with Gasteiger partial charge in [-0.25, -0.2) is 9.37 Å². The summed E-state index contributed by atoms with van der Waals surface area (Å²) in [5, 5.41) is 0. The second-order valence-corrected chi connectivity index (χ2v) is 6.40. The van der Waals surface area contributed by atoms with Crippen molar-refractivity contribution in [1.82, 2.24) is 9.55 Å². The summed E-state index contributed by atoms with van der Waals surface area (Å²) in [4.78, 5) is 8.51. The van der Waals surface area contributed by atoms with Crippen molar-refractivity contribution < 1.29 is 4.39 Å². The zero-order valence-electron chi connectivity index (χ0n) is 11.9. The molecule has 0 aliphatic carbocycles. The second kappa shape index (κ2) is 7.87. The number of hydrogen-bond acceptors (Lipinski definition) is 3. The minimum Gasteiger partial charge on any atom is -0.404 e. The molecule has 2 rings (SSSR count). The van der Waals surface area contributed by atoms with Gasteiger partial charge < -0.3 is 10.3 Å². The first-order valence-corrected chi connectivity index (χ1v) is 8.51. The largest absolute Gasteiger partial charge is 0.404 e. The average molecular weight is 477 g/mol. The van der Waals surface area contributed by atoms with Crippen LogP contribution in [0.5, 0.6) is 0 Å². The molecule has 4 nitrogen and oxygen atoms in total. The highest BCUT2D eigenvalue weighted by Crippen LogP contribution is 2.22. The lowest BCUT2D eigenvalue weighted by Crippen LogP contribution is -2.07. The van der Waals surface area contributed by atoms with Gasteiger partial charge in [0.25, 0.3) is 0 Å². The van der Waals surface area contributed by atoms with Gasteiger partial charge in [-0.1, -0.05) is 0 Å². The Kier molecular flexibility index (Phi) is 6.13. The summed E-state index contributed by atoms with van der Waals surface area (Å²) < 4.78 is 16.7. The van der Waals surface area contributed by atoms with Crippen molar-refractivity contribution in [3.05, 3.63) is 57.6 Å². The molecule has 0 aliphatic heterocycles. The number of benzene rings is 1. The molecule has 2 aromatic rings. The van der Waals surface area contributed by atoms with Crippen LogP contribution in [0.3, 0.4) is 0 Å². The third-order valence-corrected chi connectivity index (χ3v) is 4.64. The van der Waals surface area contributed by atoms with E-state index in [1.807, 2.05) is 11.5 Å². The first kappa shape index (κ1) is 17.1. The van der Waals surface area contributed by atoms with Crippen LogP contribution < -0.4 is 5.73 Å². The number of hydrogen-bond donors (Lipinski definition) is 1. The zero-order chi connectivity index (χ0) is 16.1. The van der Waals surface area contributed by atoms with Crippen LogP contribution in [0.4, 0.5) is 4.39 Å². The van der Waals surface area contributed by atoms with Crippen molar-refractivity contribution >= 4 is 43.1 Å². The molecule has 1 heterocycles. The van der Waals surface area contributed by atoms with E-state index < -0.39 is 0 Å². The molecule has 1 aromatic heterocycles. The first-order chi connectivity index (χ1) is 10.6. The Morgan fingerprint density at radius 3 is 2.95 bits per heavy atom. The Hall–Kier alpha value is -1.22. The Labute approximate surface area is 150 Å². The lowest BCUT2D eigenvalue weighted by Gasteiger charge is -2.11. The van der Waals surface area contributed by atoms with Crippen LogP contribution in [-0.2, 0) is 6.42 Å². The van der Waals surface area contributed by atoms with Gasteiger partial charge in [-0.3, -0.25) is 4.99 Å². The van der Waals surface area contributed by atoms with Crippen molar-refractivity contribution in [3.8, 4) is 5.69 Å². The topological polar surface area (TPSA) is 56.2 Å². The van der Waals surface area contributed by atoms with E-state index in [0.717, 1.165) is 25.1 Å². The van der Waals surface area contributed by atoms with Crippen molar-refractivity contribution in [2.24, 2.45) is 10.7 Å². The molecule has 0 saturated carbocycles. The summed E-state index contributed by atoms with van der Waals surface area (Å²) in [6, 6.07) is 4.67. The molecule has 22 heavy (non-hydrogen) atoms. The quantitative estimate of drug-likeness (QED) is 0.527. The highest BCUT2D eigenvalue weighted by atomic mass is 127. The number of halogens is 3. The predicted octanol–water partition coefficient (Wildman–Crippen LogP) is 3.81. The van der Waals surface area contributed by atoms with Crippen LogP contribution in [0, 0.1) is 9.39 Å². The lowest BCUT2D eigenvalue weighted by molar-refractivity contribution is 0.626. The Balaban J connectivity index is 2.36. The molecule has 2 N–H and O–H groups in total. The zero-order valence-corrected chi connectivity index (χ0v) is 15.7. The minimum atomic E-state index is -0.254. The van der Waals surface area contributed by atoms with E-state index >= 15 is 0 Å². The normalized spacial score (nSPS) is 12.7. The van der Waals surface area contributed by atoms with E-state index in [0.29, 0.717) is 13.0 Å². The number of aliphatic imine (C=N–C) groups is 1. The number of nitrogens with two attached hydrogens (primary N) is 1. The Morgan fingerprint density at radius 2 is 2.32 bits per heavy atom. The van der Waals surface area contributed by atoms with Crippen LogP contribution in [-0.4, -0.2) is 20.7 Å². The van der Waals surface area contributed by atoms with Crippen LogP contribution in [0.15, 0.2) is 47.5 Å². The third kappa shape index (κ3) is 3.95. The molecular formula is C15H15BrFIN4. The number of allylic oxidation sites excluding steroid dienone is 1. The van der Waals surface area contributed by atoms with Crippen LogP contribution in [0.1, 0.15) is 12.6 Å². The molecule has 0 amide bonds. The maximum Gasteiger partial charge on any atom is 0.124 e. The molecule has 1 aromatic carbocycles. The summed E-state index contributed by atoms with van der Waals surface area (Å²) in [6.07, 6.45) is 5.60. The van der Waals surface area contributed by atoms with Crippen molar-refractivity contribution in [2.75, 3.05) is 6.54 Å². The molecule has 0 unspecified atom stereocenters. The van der Waals surface area contributed by atoms with Crippen LogP contribution >= 0.6 is 38.5 Å². The maximum atomic E-state index is 13.3. The molecule has 0 bridgehead atoms. The van der Waals surface area contributed by atoms with Crippen LogP contribution in [0.25, 0.3) is 5.69 Å². The van der Waals surface area contributed by atoms with Crippen molar-refractivity contribution in [2.45, 2.75) is 13.3 Å². The van der Waals surface area contributed by atoms with Gasteiger partial charge in [-0.05, 0) is 63.6 Å². The predicted molar refractivity (Wildman–Crippen MR) is 99.1 cm³/mol. The average Bonchev–Trinajstić information content (AvgIpc) is 2.93. The highest BCUT2D eigenvalue weighted by molar-refractivity contribution is 14.1. The van der Waals surface area contributed by atoms with Gasteiger partial charge in [0.15, 0.2) is 0 Å². The van der Waals surface area contributed by atoms with Gasteiger partial charge in [0.05, 0.1) is 12.0 Å². The van der Waals surface area contributed by atoms with Crippen LogP contribution in [0.2, 0.25) is 0 Å². The highest BCUT2D eigenvalue weighted by Gasteiger charge is 2.12. The second-order valence-electron chi connectivity index (χ2n) is 4.48. The van der Waals surface area contributed by atoms with E-state index in [1.54, 1.807) is 18.6 Å². The fourth-order valence-electron chi connectivity index (χ4n) is 1.98. The summed E-state index contributed by atoms with van der Waals surface area (Å²) in [5.41, 5.74) is 8.41. The molecule has 0 radical (unpaired) electrons. The smallest absolute Gasteiger partial charge is 0.124 e. The van der Waals surface area contributed by atoms with E-state index in [2.05, 4.69) is 48.5 Å². The third-order valence-electron chi connectivity index (χ3n) is 3.02. The van der Waals surface area contributed by atoms with Gasteiger partial charge in [0.2, 0.25) is 0 Å². The molecule has 0 saturated heterocycles. The first-order valence-electron chi connectivity index (χ1n) is 6.64. The van der Waals surface area contributed by atoms with E-state index in [1.165, 1.54) is 18.3 Å². The molecule has 0 spiro atoms. The SMILES string of the molecule is CCN=C(Br)C(=CN)Cc1cncn1-c1ccc(F)cc1I. The fraction of sp³-hybridized carbons (Fsp3) is 0.200. The molecule has 0 atom stereocenters. The maximum absolute atomic E-state index is 13.3. The van der Waals surface area contributed by atoms with Crippen molar-refractivity contribution in [3.63, 3.8) is 0 Å². The molecular weight excluding hydrogens is 462 g/mol. The van der Waals surface area contributed by atoms with Gasteiger partial charge in [0.1, 0.15) is 10.4 Å². The molecule has 0 aliphatic rings. The minimum absolute atomic E-state index is 0.254. The Morgan fingerprint density at radius 1 is 1.55 bits per heavy atom. The summed E-state index contributed by atoms with van der Waals surface area (Å²) in [7, 11) is 0. The van der Waals surface area contributed by atoms with Crippen molar-refractivity contribution in [1.29, 1.82) is 0 Å². The van der Waals surface area contributed by atoms with Gasteiger partial charge >= 0.3 is 0 Å². The van der Waals surface area contributed by atoms with Gasteiger partial charge in [-0.15, -0.1) is 0 Å². The number of nitrogens with zero attached hydrogens (tertiary/aromatic N) is 3. The lowest BCUT2D eigenvalue weighted by atomic mass is 10.1. The van der Waals surface area contributed by atoms with E-state index in [4.69, 9.17) is 5.73 Å². The summed E-state index contributed by atoms with van der Waals surface area (Å²) in [6.45, 7) is 2.63.